The number of furan rings is 1. The van der Waals surface area contributed by atoms with Crippen molar-refractivity contribution in [1.82, 2.24) is 0 Å². The van der Waals surface area contributed by atoms with Crippen LogP contribution in [0.4, 0.5) is 11.4 Å². The van der Waals surface area contributed by atoms with Crippen molar-refractivity contribution >= 4 is 28.6 Å². The highest BCUT2D eigenvalue weighted by Crippen LogP contribution is 2.33. The molecule has 0 fully saturated rings. The molecule has 2 heterocycles. The van der Waals surface area contributed by atoms with Gasteiger partial charge in [-0.3, -0.25) is 9.59 Å². The summed E-state index contributed by atoms with van der Waals surface area (Å²) in [5.41, 5.74) is 3.52. The Bertz CT molecular complexity index is 804. The first-order valence-corrected chi connectivity index (χ1v) is 7.93. The average molecular weight is 324 g/mol. The molecular weight excluding hydrogens is 304 g/mol. The molecule has 24 heavy (non-hydrogen) atoms. The van der Waals surface area contributed by atoms with Gasteiger partial charge in [0.15, 0.2) is 5.78 Å². The largest absolute Gasteiger partial charge is 0.470 e. The summed E-state index contributed by atoms with van der Waals surface area (Å²) in [6, 6.07) is 7.13. The fourth-order valence-electron chi connectivity index (χ4n) is 2.74. The van der Waals surface area contributed by atoms with Crippen molar-refractivity contribution in [1.29, 1.82) is 0 Å². The average Bonchev–Trinajstić information content (AvgIpc) is 3.14. The normalized spacial score (nSPS) is 14.8. The zero-order valence-electron chi connectivity index (χ0n) is 14.0. The third kappa shape index (κ3) is 3.11. The minimum absolute atomic E-state index is 0.0228. The van der Waals surface area contributed by atoms with E-state index in [4.69, 9.17) is 4.42 Å². The van der Waals surface area contributed by atoms with Crippen molar-refractivity contribution < 1.29 is 14.0 Å². The van der Waals surface area contributed by atoms with Gasteiger partial charge in [0.2, 0.25) is 0 Å². The molecule has 0 aliphatic carbocycles. The predicted octanol–water partition coefficient (Wildman–Crippen LogP) is 3.94. The van der Waals surface area contributed by atoms with Crippen LogP contribution in [-0.2, 0) is 4.79 Å². The fraction of sp³-hybridized carbons (Fsp3) is 0.263. The molecule has 0 atom stereocenters. The number of amides is 1. The molecule has 0 radical (unpaired) electrons. The van der Waals surface area contributed by atoms with Gasteiger partial charge in [0, 0.05) is 35.6 Å². The van der Waals surface area contributed by atoms with E-state index in [1.807, 2.05) is 17.2 Å². The number of carbonyl (C=O) groups excluding carboxylic acids is 2. The van der Waals surface area contributed by atoms with Crippen LogP contribution in [-0.4, -0.2) is 18.2 Å². The summed E-state index contributed by atoms with van der Waals surface area (Å²) >= 11 is 0. The second-order valence-corrected chi connectivity index (χ2v) is 6.34. The Morgan fingerprint density at radius 1 is 1.33 bits per heavy atom. The molecule has 124 valence electrons. The van der Waals surface area contributed by atoms with Gasteiger partial charge in [-0.1, -0.05) is 13.8 Å². The van der Waals surface area contributed by atoms with Crippen molar-refractivity contribution in [3.05, 3.63) is 54.1 Å². The lowest BCUT2D eigenvalue weighted by molar-refractivity contribution is -0.110. The Morgan fingerprint density at radius 3 is 2.75 bits per heavy atom. The number of nitrogens with zero attached hydrogens (tertiary/aromatic N) is 1. The zero-order chi connectivity index (χ0) is 17.3. The predicted molar refractivity (Wildman–Crippen MR) is 93.9 cm³/mol. The molecule has 1 N–H and O–H groups in total. The van der Waals surface area contributed by atoms with Crippen LogP contribution >= 0.6 is 0 Å². The molecule has 1 aromatic carbocycles. The standard InChI is InChI=1S/C19H20N2O3/c1-12(2)9-21(15-6-7-24-11-15)10-17-16-8-14(13(3)22)4-5-18(16)20-19(17)23/h4-8,10-12H,9H2,1-3H3,(H,20,23). The summed E-state index contributed by atoms with van der Waals surface area (Å²) in [4.78, 5) is 26.0. The molecule has 0 saturated carbocycles. The highest BCUT2D eigenvalue weighted by atomic mass is 16.3. The first kappa shape index (κ1) is 16.1. The van der Waals surface area contributed by atoms with Crippen LogP contribution in [0.1, 0.15) is 36.7 Å². The summed E-state index contributed by atoms with van der Waals surface area (Å²) in [7, 11) is 0. The number of anilines is 2. The lowest BCUT2D eigenvalue weighted by Gasteiger charge is -2.21. The number of fused-ring (bicyclic) bond motifs is 1. The molecule has 0 bridgehead atoms. The monoisotopic (exact) mass is 324 g/mol. The van der Waals surface area contributed by atoms with Gasteiger partial charge < -0.3 is 14.6 Å². The van der Waals surface area contributed by atoms with Gasteiger partial charge in [0.1, 0.15) is 6.26 Å². The smallest absolute Gasteiger partial charge is 0.257 e. The summed E-state index contributed by atoms with van der Waals surface area (Å²) in [5, 5.41) is 2.85. The minimum Gasteiger partial charge on any atom is -0.470 e. The Hall–Kier alpha value is -2.82. The molecule has 0 spiro atoms. The Kier molecular flexibility index (Phi) is 4.25. The molecule has 3 rings (SSSR count). The van der Waals surface area contributed by atoms with Gasteiger partial charge in [0.05, 0.1) is 17.5 Å². The van der Waals surface area contributed by atoms with Crippen LogP contribution < -0.4 is 10.2 Å². The maximum absolute atomic E-state index is 12.4. The second-order valence-electron chi connectivity index (χ2n) is 6.34. The number of hydrogen-bond donors (Lipinski definition) is 1. The third-order valence-corrected chi connectivity index (χ3v) is 3.89. The summed E-state index contributed by atoms with van der Waals surface area (Å²) in [6.07, 6.45) is 5.09. The van der Waals surface area contributed by atoms with Crippen LogP contribution in [0.3, 0.4) is 0 Å². The van der Waals surface area contributed by atoms with E-state index in [1.165, 1.54) is 6.92 Å². The van der Waals surface area contributed by atoms with Gasteiger partial charge in [-0.15, -0.1) is 0 Å². The number of nitrogens with one attached hydrogen (secondary N) is 1. The summed E-state index contributed by atoms with van der Waals surface area (Å²) < 4.78 is 5.17. The first-order valence-electron chi connectivity index (χ1n) is 7.93. The van der Waals surface area contributed by atoms with Gasteiger partial charge in [-0.05, 0) is 31.0 Å². The fourth-order valence-corrected chi connectivity index (χ4v) is 2.74. The van der Waals surface area contributed by atoms with Crippen molar-refractivity contribution in [3.63, 3.8) is 0 Å². The van der Waals surface area contributed by atoms with Crippen molar-refractivity contribution in [2.75, 3.05) is 16.8 Å². The lowest BCUT2D eigenvalue weighted by Crippen LogP contribution is -2.22. The SMILES string of the molecule is CC(=O)c1ccc2c(c1)C(=CN(CC(C)C)c1ccoc1)C(=O)N2. The number of ketones is 1. The van der Waals surface area contributed by atoms with E-state index in [0.717, 1.165) is 23.5 Å². The van der Waals surface area contributed by atoms with Crippen LogP contribution in [0.25, 0.3) is 5.57 Å². The van der Waals surface area contributed by atoms with E-state index in [-0.39, 0.29) is 11.7 Å². The molecule has 2 aromatic rings. The molecular formula is C19H20N2O3. The lowest BCUT2D eigenvalue weighted by atomic mass is 10.0. The maximum Gasteiger partial charge on any atom is 0.257 e. The number of carbonyl (C=O) groups is 2. The van der Waals surface area contributed by atoms with Gasteiger partial charge in [-0.25, -0.2) is 0 Å². The number of benzene rings is 1. The molecule has 1 aliphatic heterocycles. The Labute approximate surface area is 141 Å². The van der Waals surface area contributed by atoms with E-state index in [1.54, 1.807) is 30.7 Å². The van der Waals surface area contributed by atoms with E-state index in [9.17, 15) is 9.59 Å². The van der Waals surface area contributed by atoms with Gasteiger partial charge in [0.25, 0.3) is 5.91 Å². The molecule has 1 aromatic heterocycles. The molecule has 0 saturated heterocycles. The van der Waals surface area contributed by atoms with Gasteiger partial charge in [-0.2, -0.15) is 0 Å². The van der Waals surface area contributed by atoms with Crippen LogP contribution in [0.5, 0.6) is 0 Å². The van der Waals surface area contributed by atoms with Crippen molar-refractivity contribution in [2.45, 2.75) is 20.8 Å². The van der Waals surface area contributed by atoms with Crippen LogP contribution in [0, 0.1) is 5.92 Å². The van der Waals surface area contributed by atoms with Crippen molar-refractivity contribution in [3.8, 4) is 0 Å². The third-order valence-electron chi connectivity index (χ3n) is 3.89. The van der Waals surface area contributed by atoms with E-state index < -0.39 is 0 Å². The minimum atomic E-state index is -0.164. The molecule has 5 nitrogen and oxygen atoms in total. The van der Waals surface area contributed by atoms with E-state index >= 15 is 0 Å². The maximum atomic E-state index is 12.4. The van der Waals surface area contributed by atoms with E-state index in [2.05, 4.69) is 19.2 Å². The number of hydrogen-bond acceptors (Lipinski definition) is 4. The first-order chi connectivity index (χ1) is 11.5. The number of Topliss-reactive ketones (excluding diaryl/α,β-unsaturated/α-hetero) is 1. The highest BCUT2D eigenvalue weighted by molar-refractivity contribution is 6.32. The molecule has 5 heteroatoms. The second kappa shape index (κ2) is 6.35. The Morgan fingerprint density at radius 2 is 2.12 bits per heavy atom. The number of rotatable bonds is 5. The molecule has 1 amide bonds. The van der Waals surface area contributed by atoms with Crippen LogP contribution in [0.15, 0.2) is 47.4 Å². The quantitative estimate of drug-likeness (QED) is 0.668. The topological polar surface area (TPSA) is 62.6 Å². The zero-order valence-corrected chi connectivity index (χ0v) is 14.0. The Balaban J connectivity index is 2.04. The van der Waals surface area contributed by atoms with Gasteiger partial charge >= 0.3 is 0 Å². The molecule has 1 aliphatic rings. The van der Waals surface area contributed by atoms with E-state index in [0.29, 0.717) is 17.1 Å². The summed E-state index contributed by atoms with van der Waals surface area (Å²) in [5.74, 6) is 0.220. The van der Waals surface area contributed by atoms with Crippen molar-refractivity contribution in [2.24, 2.45) is 5.92 Å². The summed E-state index contributed by atoms with van der Waals surface area (Å²) in [6.45, 7) is 6.49. The van der Waals surface area contributed by atoms with Crippen LogP contribution in [0.2, 0.25) is 0 Å². The molecule has 0 unspecified atom stereocenters. The highest BCUT2D eigenvalue weighted by Gasteiger charge is 2.26.